The lowest BCUT2D eigenvalue weighted by molar-refractivity contribution is -0.138. The van der Waals surface area contributed by atoms with Gasteiger partial charge in [0.05, 0.1) is 25.3 Å². The van der Waals surface area contributed by atoms with Crippen LogP contribution in [0.2, 0.25) is 0 Å². The Morgan fingerprint density at radius 2 is 1.05 bits per heavy atom. The van der Waals surface area contributed by atoms with Crippen LogP contribution in [-0.4, -0.2) is 173 Å². The number of carbonyl (C=O) groups is 12. The molecule has 1 saturated carbocycles. The highest BCUT2D eigenvalue weighted by Gasteiger charge is 2.53. The molecule has 0 radical (unpaired) electrons. The number of rotatable bonds is 30. The Kier molecular flexibility index (Phi) is 28.0. The topological polar surface area (TPSA) is 416 Å². The molecule has 1 aromatic rings. The van der Waals surface area contributed by atoms with Crippen LogP contribution in [-0.2, 0) is 64.0 Å². The highest BCUT2D eigenvalue weighted by atomic mass is 16.3. The first-order valence-electron chi connectivity index (χ1n) is 28.7. The normalized spacial score (nSPS) is 21.9. The van der Waals surface area contributed by atoms with Crippen LogP contribution in [0.3, 0.4) is 0 Å². The predicted molar refractivity (Wildman–Crippen MR) is 304 cm³/mol. The van der Waals surface area contributed by atoms with Crippen LogP contribution in [0.25, 0.3) is 0 Å². The van der Waals surface area contributed by atoms with E-state index >= 15 is 0 Å². The van der Waals surface area contributed by atoms with Gasteiger partial charge in [-0.05, 0) is 75.8 Å². The molecule has 12 amide bonds. The van der Waals surface area contributed by atoms with Gasteiger partial charge >= 0.3 is 0 Å². The fourth-order valence-corrected chi connectivity index (χ4v) is 9.07. The van der Waals surface area contributed by atoms with Gasteiger partial charge in [0.15, 0.2) is 0 Å². The summed E-state index contributed by atoms with van der Waals surface area (Å²) in [6.45, 7) is 14.5. The molecule has 0 aromatic heterocycles. The minimum absolute atomic E-state index is 0.276. The van der Waals surface area contributed by atoms with Crippen molar-refractivity contribution in [2.75, 3.05) is 20.3 Å². The van der Waals surface area contributed by atoms with Crippen LogP contribution in [0.5, 0.6) is 0 Å². The van der Waals surface area contributed by atoms with E-state index in [0.29, 0.717) is 32.1 Å². The van der Waals surface area contributed by atoms with Crippen molar-refractivity contribution < 1.29 is 67.7 Å². The summed E-state index contributed by atoms with van der Waals surface area (Å²) in [6.07, 6.45) is 1.53. The molecule has 15 atom stereocenters. The summed E-state index contributed by atoms with van der Waals surface area (Å²) in [4.78, 5) is 164. The molecule has 2 aliphatic rings. The fourth-order valence-electron chi connectivity index (χ4n) is 9.07. The Labute approximate surface area is 485 Å². The largest absolute Gasteiger partial charge is 0.394 e. The number of nitrogens with two attached hydrogens (primary N) is 1. The Balaban J connectivity index is 1.83. The molecule has 1 heterocycles. The minimum atomic E-state index is -1.77. The number of primary amides is 1. The summed E-state index contributed by atoms with van der Waals surface area (Å²) >= 11 is 0. The average molecular weight is 1170 g/mol. The van der Waals surface area contributed by atoms with Crippen molar-refractivity contribution >= 4 is 70.9 Å². The first kappa shape index (κ1) is 70.0. The molecule has 16 N–H and O–H groups in total. The van der Waals surface area contributed by atoms with E-state index < -0.39 is 193 Å². The van der Waals surface area contributed by atoms with E-state index in [9.17, 15) is 67.7 Å². The Morgan fingerprint density at radius 1 is 0.590 bits per heavy atom. The molecule has 83 heavy (non-hydrogen) atoms. The second-order valence-electron chi connectivity index (χ2n) is 22.1. The number of hydrogen-bond acceptors (Lipinski definition) is 15. The smallest absolute Gasteiger partial charge is 0.246 e. The highest BCUT2D eigenvalue weighted by Crippen LogP contribution is 2.36. The number of benzene rings is 1. The third kappa shape index (κ3) is 20.3. The lowest BCUT2D eigenvalue weighted by Crippen LogP contribution is -2.64. The van der Waals surface area contributed by atoms with Crippen LogP contribution in [0, 0.1) is 23.7 Å². The molecule has 27 heteroatoms. The van der Waals surface area contributed by atoms with E-state index in [4.69, 9.17) is 5.73 Å². The number of aliphatic hydroxyl groups is 2. The summed E-state index contributed by atoms with van der Waals surface area (Å²) in [6, 6.07) is -5.71. The molecule has 27 nitrogen and oxygen atoms in total. The monoisotopic (exact) mass is 1170 g/mol. The lowest BCUT2D eigenvalue weighted by atomic mass is 9.94. The molecule has 464 valence electrons. The molecule has 0 bridgehead atoms. The van der Waals surface area contributed by atoms with Crippen molar-refractivity contribution in [3.8, 4) is 0 Å². The van der Waals surface area contributed by atoms with Gasteiger partial charge in [0.2, 0.25) is 70.9 Å². The summed E-state index contributed by atoms with van der Waals surface area (Å²) in [5, 5.41) is 52.3. The van der Waals surface area contributed by atoms with Crippen molar-refractivity contribution in [2.45, 2.75) is 199 Å². The van der Waals surface area contributed by atoms with E-state index in [1.807, 2.05) is 37.3 Å². The van der Waals surface area contributed by atoms with Crippen LogP contribution in [0.1, 0.15) is 126 Å². The fraction of sp³-hybridized carbons (Fsp3) is 0.679. The van der Waals surface area contributed by atoms with Crippen LogP contribution < -0.4 is 69.5 Å². The van der Waals surface area contributed by atoms with Crippen molar-refractivity contribution in [2.24, 2.45) is 29.4 Å². The third-order valence-electron chi connectivity index (χ3n) is 15.8. The Hall–Kier alpha value is -7.26. The van der Waals surface area contributed by atoms with E-state index in [1.165, 1.54) is 13.8 Å². The van der Waals surface area contributed by atoms with Crippen LogP contribution >= 0.6 is 0 Å². The summed E-state index contributed by atoms with van der Waals surface area (Å²) < 4.78 is 0. The summed E-state index contributed by atoms with van der Waals surface area (Å²) in [5.74, 6) is -12.2. The second-order valence-corrected chi connectivity index (χ2v) is 22.1. The molecule has 1 aromatic carbocycles. The van der Waals surface area contributed by atoms with Gasteiger partial charge in [0, 0.05) is 6.42 Å². The van der Waals surface area contributed by atoms with Crippen molar-refractivity contribution in [1.82, 2.24) is 63.8 Å². The maximum atomic E-state index is 14.4. The SMILES string of the molecule is CC[C@H](C)[C@H](NC(=O)[C@@H](Cc1ccccc1)NC)C(=O)N[C@@H](CO)C(=O)N[C@H](CCC(N)=O)C(=O)N[C@@H](C(=O)N[C@H](C(=O)N[C@@H](CO)C(=O)N[C@H]1C(=O)N[C@@H](C)C(=O)NC2(CC2)C(=O)N[C@@H]([C@@H](C)CC)C(=O)N[C@H]1C)[C@@H](C)CC)[C@@H](C)CC. The molecule has 3 rings (SSSR count). The van der Waals surface area contributed by atoms with Gasteiger partial charge in [0.25, 0.3) is 0 Å². The van der Waals surface area contributed by atoms with Crippen LogP contribution in [0.4, 0.5) is 0 Å². The number of carbonyl (C=O) groups excluding carboxylic acids is 12. The van der Waals surface area contributed by atoms with Gasteiger partial charge < -0.3 is 79.7 Å². The number of amides is 12. The van der Waals surface area contributed by atoms with E-state index in [2.05, 4.69) is 63.8 Å². The van der Waals surface area contributed by atoms with Gasteiger partial charge in [-0.2, -0.15) is 0 Å². The van der Waals surface area contributed by atoms with E-state index in [1.54, 1.807) is 55.5 Å². The lowest BCUT2D eigenvalue weighted by Gasteiger charge is -2.32. The highest BCUT2D eigenvalue weighted by molar-refractivity contribution is 6.01. The van der Waals surface area contributed by atoms with Gasteiger partial charge in [0.1, 0.15) is 59.9 Å². The summed E-state index contributed by atoms with van der Waals surface area (Å²) in [7, 11) is 1.60. The number of hydrogen-bond donors (Lipinski definition) is 15. The molecule has 0 unspecified atom stereocenters. The maximum absolute atomic E-state index is 14.4. The number of aliphatic hydroxyl groups excluding tert-OH is 2. The van der Waals surface area contributed by atoms with Gasteiger partial charge in [-0.1, -0.05) is 111 Å². The van der Waals surface area contributed by atoms with Crippen LogP contribution in [0.15, 0.2) is 30.3 Å². The third-order valence-corrected chi connectivity index (χ3v) is 15.8. The molecular weight excluding hydrogens is 1080 g/mol. The zero-order valence-corrected chi connectivity index (χ0v) is 49.7. The quantitative estimate of drug-likeness (QED) is 0.0361. The molecule has 1 aliphatic carbocycles. The minimum Gasteiger partial charge on any atom is -0.394 e. The van der Waals surface area contributed by atoms with Crippen molar-refractivity contribution in [3.63, 3.8) is 0 Å². The first-order valence-corrected chi connectivity index (χ1v) is 28.7. The molecular formula is C56H91N13O14. The molecule has 2 fully saturated rings. The van der Waals surface area contributed by atoms with E-state index in [0.717, 1.165) is 5.56 Å². The first-order chi connectivity index (χ1) is 39.1. The zero-order chi connectivity index (χ0) is 62.5. The van der Waals surface area contributed by atoms with Crippen molar-refractivity contribution in [3.05, 3.63) is 35.9 Å². The Bertz CT molecular complexity index is 2450. The van der Waals surface area contributed by atoms with Gasteiger partial charge in [-0.3, -0.25) is 57.5 Å². The van der Waals surface area contributed by atoms with Gasteiger partial charge in [-0.25, -0.2) is 0 Å². The molecule has 1 saturated heterocycles. The average Bonchev–Trinajstić information content (AvgIpc) is 4.36. The number of likely N-dealkylation sites (N-methyl/N-ethyl adjacent to an activating group) is 1. The maximum Gasteiger partial charge on any atom is 0.246 e. The van der Waals surface area contributed by atoms with Gasteiger partial charge in [-0.15, -0.1) is 0 Å². The molecule has 1 aliphatic heterocycles. The number of nitrogens with one attached hydrogen (secondary N) is 12. The second kappa shape index (κ2) is 33.1. The van der Waals surface area contributed by atoms with Crippen molar-refractivity contribution in [1.29, 1.82) is 0 Å². The van der Waals surface area contributed by atoms with E-state index in [-0.39, 0.29) is 12.8 Å². The summed E-state index contributed by atoms with van der Waals surface area (Å²) in [5.41, 5.74) is 5.03. The standard InChI is InChI=1S/C56H91N13O14/c1-12-28(5)40(65-47(75)36(58-11)25-34-19-17-16-18-20-34)51(79)62-37(26-70)48(76)61-35(21-22-39(57)72)46(74)64-42(30(7)14-3)53(81)66-41(29(6)13-2)52(80)63-38(27-71)49(77)67-44-32(9)59-50(78)43(31(8)15-4)68-55(83)56(23-24-56)69-45(73)33(10)60-54(44)82/h16-20,28-33,35-38,40-44,58,70-71H,12-15,21-27H2,1-11H3,(H2,57,72)(H,59,78)(H,60,82)(H,61,76)(H,62,79)(H,63,80)(H,64,74)(H,65,75)(H,66,81)(H,67,77)(H,68,83)(H,69,73)/t28-,29-,30-,31-,32-,33-,35+,36+,37-,38-,40-,41-,42+,43-,44+/m0/s1. The predicted octanol–water partition coefficient (Wildman–Crippen LogP) is -3.20. The zero-order valence-electron chi connectivity index (χ0n) is 49.7. The molecule has 1 spiro atoms. The Morgan fingerprint density at radius 3 is 1.51 bits per heavy atom.